The van der Waals surface area contributed by atoms with Gasteiger partial charge in [-0.3, -0.25) is 4.57 Å². The van der Waals surface area contributed by atoms with Gasteiger partial charge in [-0.2, -0.15) is 9.97 Å². The summed E-state index contributed by atoms with van der Waals surface area (Å²) in [4.78, 5) is 20.8. The fourth-order valence-electron chi connectivity index (χ4n) is 8.92. The van der Waals surface area contributed by atoms with Gasteiger partial charge in [0.2, 0.25) is 5.95 Å². The average molecular weight is 793 g/mol. The van der Waals surface area contributed by atoms with E-state index in [2.05, 4.69) is 197 Å². The third-order valence-electron chi connectivity index (χ3n) is 11.8. The Balaban J connectivity index is 1.04. The molecule has 6 nitrogen and oxygen atoms in total. The van der Waals surface area contributed by atoms with Crippen molar-refractivity contribution in [2.45, 2.75) is 0 Å². The van der Waals surface area contributed by atoms with Crippen LogP contribution in [0.15, 0.2) is 218 Å². The Bertz CT molecular complexity index is 3540. The smallest absolute Gasteiger partial charge is 0.238 e. The molecular weight excluding hydrogens is 757 g/mol. The largest absolute Gasteiger partial charge is 0.309 e. The van der Waals surface area contributed by atoms with Crippen molar-refractivity contribution in [2.24, 2.45) is 0 Å². The molecule has 0 saturated carbocycles. The number of fused-ring (bicyclic) bond motifs is 7. The van der Waals surface area contributed by atoms with Crippen molar-refractivity contribution in [3.05, 3.63) is 218 Å². The summed E-state index contributed by atoms with van der Waals surface area (Å²) in [5.41, 5.74) is 13.4. The SMILES string of the molecule is c1ccc(-c2cc(-c3ccc(-c4nc(-c5ccccc5)nc(-n5c6ccccc6c6c7c8ccccc8n(-c8ccccc8)c7ccc65)n4)cc3)cc(-c3ccccc3)n2)cc1. The first-order valence-corrected chi connectivity index (χ1v) is 20.8. The molecule has 6 heteroatoms. The summed E-state index contributed by atoms with van der Waals surface area (Å²) < 4.78 is 4.57. The van der Waals surface area contributed by atoms with E-state index in [4.69, 9.17) is 19.9 Å². The summed E-state index contributed by atoms with van der Waals surface area (Å²) in [6, 6.07) is 76.1. The van der Waals surface area contributed by atoms with Crippen molar-refractivity contribution in [1.82, 2.24) is 29.1 Å². The molecule has 4 heterocycles. The Hall–Kier alpha value is -8.48. The summed E-state index contributed by atoms with van der Waals surface area (Å²) in [5, 5.41) is 4.70. The number of nitrogens with zero attached hydrogens (tertiary/aromatic N) is 6. The second kappa shape index (κ2) is 14.7. The highest BCUT2D eigenvalue weighted by Crippen LogP contribution is 2.42. The van der Waals surface area contributed by atoms with Gasteiger partial charge in [0.1, 0.15) is 0 Å². The lowest BCUT2D eigenvalue weighted by Gasteiger charge is -2.12. The van der Waals surface area contributed by atoms with Gasteiger partial charge in [-0.1, -0.05) is 170 Å². The van der Waals surface area contributed by atoms with Gasteiger partial charge in [-0.15, -0.1) is 0 Å². The second-order valence-electron chi connectivity index (χ2n) is 15.5. The summed E-state index contributed by atoms with van der Waals surface area (Å²) in [7, 11) is 0. The molecule has 290 valence electrons. The van der Waals surface area contributed by atoms with Crippen LogP contribution in [0.3, 0.4) is 0 Å². The molecule has 12 aromatic rings. The first-order valence-electron chi connectivity index (χ1n) is 20.8. The first-order chi connectivity index (χ1) is 30.7. The van der Waals surface area contributed by atoms with Crippen molar-refractivity contribution < 1.29 is 0 Å². The van der Waals surface area contributed by atoms with Crippen LogP contribution in [-0.2, 0) is 0 Å². The van der Waals surface area contributed by atoms with Crippen LogP contribution in [-0.4, -0.2) is 29.1 Å². The lowest BCUT2D eigenvalue weighted by Crippen LogP contribution is -2.06. The number of benzene rings is 8. The van der Waals surface area contributed by atoms with E-state index in [1.165, 1.54) is 16.2 Å². The van der Waals surface area contributed by atoms with Crippen LogP contribution >= 0.6 is 0 Å². The Labute approximate surface area is 357 Å². The van der Waals surface area contributed by atoms with Gasteiger partial charge in [0.25, 0.3) is 0 Å². The number of hydrogen-bond donors (Lipinski definition) is 0. The summed E-state index contributed by atoms with van der Waals surface area (Å²) >= 11 is 0. The van der Waals surface area contributed by atoms with Crippen LogP contribution in [0.4, 0.5) is 0 Å². The molecule has 0 N–H and O–H groups in total. The summed E-state index contributed by atoms with van der Waals surface area (Å²) in [6.45, 7) is 0. The third kappa shape index (κ3) is 5.96. The highest BCUT2D eigenvalue weighted by atomic mass is 15.2. The normalized spacial score (nSPS) is 11.5. The van der Waals surface area contributed by atoms with Crippen LogP contribution in [0.1, 0.15) is 0 Å². The lowest BCUT2D eigenvalue weighted by atomic mass is 9.99. The molecule has 0 aliphatic heterocycles. The molecule has 0 saturated heterocycles. The molecule has 8 aromatic carbocycles. The van der Waals surface area contributed by atoms with Gasteiger partial charge in [0.15, 0.2) is 11.6 Å². The molecule has 0 spiro atoms. The summed E-state index contributed by atoms with van der Waals surface area (Å²) in [6.07, 6.45) is 0. The van der Waals surface area contributed by atoms with Gasteiger partial charge in [0.05, 0.1) is 33.5 Å². The van der Waals surface area contributed by atoms with E-state index in [-0.39, 0.29) is 0 Å². The van der Waals surface area contributed by atoms with E-state index in [0.717, 1.165) is 77.9 Å². The van der Waals surface area contributed by atoms with E-state index in [1.807, 2.05) is 30.3 Å². The number of pyridine rings is 1. The van der Waals surface area contributed by atoms with E-state index in [1.54, 1.807) is 0 Å². The molecular formula is C56H36N6. The molecule has 0 amide bonds. The Morgan fingerprint density at radius 2 is 0.694 bits per heavy atom. The molecule has 12 rings (SSSR count). The Morgan fingerprint density at radius 3 is 1.24 bits per heavy atom. The molecule has 0 atom stereocenters. The fourth-order valence-corrected chi connectivity index (χ4v) is 8.92. The summed E-state index contributed by atoms with van der Waals surface area (Å²) in [5.74, 6) is 1.76. The minimum Gasteiger partial charge on any atom is -0.309 e. The second-order valence-corrected chi connectivity index (χ2v) is 15.5. The highest BCUT2D eigenvalue weighted by Gasteiger charge is 2.22. The topological polar surface area (TPSA) is 61.4 Å². The van der Waals surface area contributed by atoms with E-state index in [0.29, 0.717) is 17.6 Å². The quantitative estimate of drug-likeness (QED) is 0.161. The van der Waals surface area contributed by atoms with Crippen LogP contribution in [0, 0.1) is 0 Å². The predicted octanol–water partition coefficient (Wildman–Crippen LogP) is 13.8. The predicted molar refractivity (Wildman–Crippen MR) is 253 cm³/mol. The minimum atomic E-state index is 0.560. The molecule has 0 unspecified atom stereocenters. The molecule has 0 aliphatic carbocycles. The van der Waals surface area contributed by atoms with Crippen molar-refractivity contribution in [2.75, 3.05) is 0 Å². The molecule has 4 aromatic heterocycles. The van der Waals surface area contributed by atoms with Gasteiger partial charge in [-0.05, 0) is 59.7 Å². The number of aromatic nitrogens is 6. The zero-order valence-corrected chi connectivity index (χ0v) is 33.5. The maximum Gasteiger partial charge on any atom is 0.238 e. The third-order valence-corrected chi connectivity index (χ3v) is 11.8. The zero-order chi connectivity index (χ0) is 41.0. The number of hydrogen-bond acceptors (Lipinski definition) is 4. The van der Waals surface area contributed by atoms with Crippen molar-refractivity contribution in [3.63, 3.8) is 0 Å². The van der Waals surface area contributed by atoms with Crippen LogP contribution in [0.25, 0.3) is 112 Å². The average Bonchev–Trinajstić information content (AvgIpc) is 3.88. The molecule has 62 heavy (non-hydrogen) atoms. The van der Waals surface area contributed by atoms with Crippen LogP contribution < -0.4 is 0 Å². The van der Waals surface area contributed by atoms with Crippen LogP contribution in [0.2, 0.25) is 0 Å². The van der Waals surface area contributed by atoms with Gasteiger partial charge >= 0.3 is 0 Å². The monoisotopic (exact) mass is 792 g/mol. The molecule has 0 aliphatic rings. The Kier molecular flexibility index (Phi) is 8.38. The van der Waals surface area contributed by atoms with Crippen molar-refractivity contribution in [1.29, 1.82) is 0 Å². The maximum atomic E-state index is 5.30. The standard InChI is InChI=1S/C56H36N6/c1-5-17-38(18-6-1)46-35-42(36-47(57-46)39-19-7-2-8-20-39)37-29-31-41(32-30-37)55-58-54(40-21-9-3-10-22-40)59-56(60-55)62-49-28-16-14-26-45(49)53-51(62)34-33-50-52(53)44-25-13-15-27-48(44)61(50)43-23-11-4-12-24-43/h1-36H. The van der Waals surface area contributed by atoms with Crippen LogP contribution in [0.5, 0.6) is 0 Å². The number of rotatable bonds is 7. The number of para-hydroxylation sites is 3. The van der Waals surface area contributed by atoms with E-state index < -0.39 is 0 Å². The van der Waals surface area contributed by atoms with Crippen molar-refractivity contribution >= 4 is 43.6 Å². The molecule has 0 fully saturated rings. The first kappa shape index (κ1) is 35.5. The lowest BCUT2D eigenvalue weighted by molar-refractivity contribution is 0.953. The Morgan fingerprint density at radius 1 is 0.274 bits per heavy atom. The van der Waals surface area contributed by atoms with E-state index >= 15 is 0 Å². The fraction of sp³-hybridized carbons (Fsp3) is 0. The highest BCUT2D eigenvalue weighted by molar-refractivity contribution is 6.28. The van der Waals surface area contributed by atoms with Gasteiger partial charge in [-0.25, -0.2) is 9.97 Å². The molecule has 0 bridgehead atoms. The van der Waals surface area contributed by atoms with E-state index in [9.17, 15) is 0 Å². The minimum absolute atomic E-state index is 0.560. The maximum absolute atomic E-state index is 5.30. The van der Waals surface area contributed by atoms with Gasteiger partial charge in [0, 0.05) is 49.5 Å². The molecule has 0 radical (unpaired) electrons. The van der Waals surface area contributed by atoms with Gasteiger partial charge < -0.3 is 4.57 Å². The van der Waals surface area contributed by atoms with Crippen molar-refractivity contribution in [3.8, 4) is 68.1 Å². The zero-order valence-electron chi connectivity index (χ0n) is 33.5.